The molecule has 1 aliphatic rings. The molecular formula is C16H20N6O6. The SMILES string of the molecule is NC(N)=Nc1c(Cc2ccc([N+](=O)[O-])cc2)ncn1[C@@H]1O[C@H](CO)[C@@H](O)[C@H]1O. The highest BCUT2D eigenvalue weighted by Crippen LogP contribution is 2.34. The van der Waals surface area contributed by atoms with Gasteiger partial charge in [0.15, 0.2) is 18.0 Å². The predicted molar refractivity (Wildman–Crippen MR) is 96.6 cm³/mol. The summed E-state index contributed by atoms with van der Waals surface area (Å²) in [5.74, 6) is -0.0494. The lowest BCUT2D eigenvalue weighted by molar-refractivity contribution is -0.384. The van der Waals surface area contributed by atoms with Gasteiger partial charge in [0.1, 0.15) is 18.3 Å². The third kappa shape index (κ3) is 3.80. The largest absolute Gasteiger partial charge is 0.394 e. The lowest BCUT2D eigenvalue weighted by Crippen LogP contribution is -2.33. The second kappa shape index (κ2) is 7.90. The zero-order chi connectivity index (χ0) is 20.4. The van der Waals surface area contributed by atoms with E-state index in [1.54, 1.807) is 12.1 Å². The van der Waals surface area contributed by atoms with Gasteiger partial charge in [0.2, 0.25) is 0 Å². The first kappa shape index (κ1) is 19.7. The minimum atomic E-state index is -1.33. The Morgan fingerprint density at radius 3 is 2.50 bits per heavy atom. The van der Waals surface area contributed by atoms with Crippen LogP contribution >= 0.6 is 0 Å². The fraction of sp³-hybridized carbons (Fsp3) is 0.375. The Morgan fingerprint density at radius 1 is 1.29 bits per heavy atom. The highest BCUT2D eigenvalue weighted by atomic mass is 16.6. The molecule has 1 aromatic heterocycles. The monoisotopic (exact) mass is 392 g/mol. The van der Waals surface area contributed by atoms with Crippen molar-refractivity contribution >= 4 is 17.5 Å². The van der Waals surface area contributed by atoms with Crippen molar-refractivity contribution in [3.05, 3.63) is 52.0 Å². The smallest absolute Gasteiger partial charge is 0.269 e. The standard InChI is InChI=1S/C16H20N6O6/c17-16(18)20-14-10(5-8-1-3-9(4-2-8)22(26)27)19-7-21(14)15-13(25)12(24)11(6-23)28-15/h1-4,7,11-13,15,23-25H,5-6H2,(H4,17,18,20)/t11-,12-,13-,15-/m1/s1. The van der Waals surface area contributed by atoms with Gasteiger partial charge in [-0.05, 0) is 5.56 Å². The molecule has 28 heavy (non-hydrogen) atoms. The molecule has 2 aromatic rings. The Labute approximate surface area is 158 Å². The average Bonchev–Trinajstić information content (AvgIpc) is 3.16. The van der Waals surface area contributed by atoms with E-state index < -0.39 is 36.1 Å². The molecule has 0 radical (unpaired) electrons. The van der Waals surface area contributed by atoms with E-state index in [1.807, 2.05) is 0 Å². The Bertz CT molecular complexity index is 878. The van der Waals surface area contributed by atoms with Gasteiger partial charge in [-0.3, -0.25) is 14.7 Å². The highest BCUT2D eigenvalue weighted by molar-refractivity contribution is 5.78. The number of guanidine groups is 1. The van der Waals surface area contributed by atoms with Gasteiger partial charge in [0, 0.05) is 18.6 Å². The quantitative estimate of drug-likeness (QED) is 0.175. The van der Waals surface area contributed by atoms with Crippen LogP contribution in [-0.4, -0.2) is 60.7 Å². The summed E-state index contributed by atoms with van der Waals surface area (Å²) in [4.78, 5) is 18.6. The lowest BCUT2D eigenvalue weighted by Gasteiger charge is -2.17. The summed E-state index contributed by atoms with van der Waals surface area (Å²) in [6.45, 7) is -0.475. The molecule has 1 fully saturated rings. The summed E-state index contributed by atoms with van der Waals surface area (Å²) in [7, 11) is 0. The van der Waals surface area contributed by atoms with Crippen LogP contribution in [0.25, 0.3) is 0 Å². The Kier molecular flexibility index (Phi) is 5.56. The molecule has 0 bridgehead atoms. The second-order valence-corrected chi connectivity index (χ2v) is 6.29. The van der Waals surface area contributed by atoms with Gasteiger partial charge >= 0.3 is 0 Å². The van der Waals surface area contributed by atoms with Gasteiger partial charge in [0.25, 0.3) is 5.69 Å². The minimum absolute atomic E-state index is 0.0368. The van der Waals surface area contributed by atoms with Crippen molar-refractivity contribution in [2.24, 2.45) is 16.5 Å². The summed E-state index contributed by atoms with van der Waals surface area (Å²) < 4.78 is 6.86. The van der Waals surface area contributed by atoms with E-state index in [0.717, 1.165) is 5.56 Å². The molecule has 12 heteroatoms. The number of non-ortho nitro benzene ring substituents is 1. The van der Waals surface area contributed by atoms with Crippen LogP contribution in [0.3, 0.4) is 0 Å². The lowest BCUT2D eigenvalue weighted by atomic mass is 10.1. The fourth-order valence-electron chi connectivity index (χ4n) is 2.99. The van der Waals surface area contributed by atoms with Crippen LogP contribution in [0.4, 0.5) is 11.5 Å². The second-order valence-electron chi connectivity index (χ2n) is 6.29. The Morgan fingerprint density at radius 2 is 1.96 bits per heavy atom. The number of hydrogen-bond donors (Lipinski definition) is 5. The van der Waals surface area contributed by atoms with E-state index in [-0.39, 0.29) is 23.9 Å². The van der Waals surface area contributed by atoms with Gasteiger partial charge in [-0.1, -0.05) is 12.1 Å². The van der Waals surface area contributed by atoms with Crippen LogP contribution < -0.4 is 11.5 Å². The number of nitro groups is 1. The average molecular weight is 392 g/mol. The number of nitrogens with two attached hydrogens (primary N) is 2. The number of aliphatic hydroxyl groups excluding tert-OH is 3. The Balaban J connectivity index is 1.93. The molecule has 1 aromatic carbocycles. The number of aromatic nitrogens is 2. The molecule has 3 rings (SSSR count). The third-order valence-corrected chi connectivity index (χ3v) is 4.39. The number of nitrogens with zero attached hydrogens (tertiary/aromatic N) is 4. The summed E-state index contributed by atoms with van der Waals surface area (Å²) in [5, 5.41) is 40.2. The van der Waals surface area contributed by atoms with Crippen molar-refractivity contribution in [3.63, 3.8) is 0 Å². The van der Waals surface area contributed by atoms with Crippen LogP contribution in [-0.2, 0) is 11.2 Å². The molecule has 2 heterocycles. The van der Waals surface area contributed by atoms with E-state index in [1.165, 1.54) is 23.0 Å². The van der Waals surface area contributed by atoms with Crippen molar-refractivity contribution in [3.8, 4) is 0 Å². The molecule has 1 saturated heterocycles. The van der Waals surface area contributed by atoms with Crippen molar-refractivity contribution in [2.45, 2.75) is 31.0 Å². The number of nitro benzene ring substituents is 1. The maximum Gasteiger partial charge on any atom is 0.269 e. The Hall–Kier alpha value is -3.06. The van der Waals surface area contributed by atoms with E-state index in [0.29, 0.717) is 5.69 Å². The number of rotatable bonds is 6. The first-order chi connectivity index (χ1) is 13.3. The van der Waals surface area contributed by atoms with Crippen LogP contribution in [0.15, 0.2) is 35.6 Å². The molecule has 0 aliphatic carbocycles. The maximum absolute atomic E-state index is 10.8. The van der Waals surface area contributed by atoms with Crippen LogP contribution in [0.1, 0.15) is 17.5 Å². The molecule has 0 saturated carbocycles. The molecule has 12 nitrogen and oxygen atoms in total. The summed E-state index contributed by atoms with van der Waals surface area (Å²) in [6, 6.07) is 5.92. The molecule has 0 spiro atoms. The molecule has 7 N–H and O–H groups in total. The number of aliphatic hydroxyl groups is 3. The van der Waals surface area contributed by atoms with Crippen LogP contribution in [0, 0.1) is 10.1 Å². The summed E-state index contributed by atoms with van der Waals surface area (Å²) in [6.07, 6.45) is -3.03. The third-order valence-electron chi connectivity index (χ3n) is 4.39. The first-order valence-corrected chi connectivity index (χ1v) is 8.33. The van der Waals surface area contributed by atoms with Gasteiger partial charge in [-0.25, -0.2) is 4.98 Å². The topological polar surface area (TPSA) is 195 Å². The van der Waals surface area contributed by atoms with Crippen LogP contribution in [0.5, 0.6) is 0 Å². The molecule has 0 unspecified atom stereocenters. The first-order valence-electron chi connectivity index (χ1n) is 8.33. The van der Waals surface area contributed by atoms with Gasteiger partial charge in [0.05, 0.1) is 23.6 Å². The van der Waals surface area contributed by atoms with Gasteiger partial charge < -0.3 is 31.5 Å². The van der Waals surface area contributed by atoms with E-state index in [9.17, 15) is 25.4 Å². The summed E-state index contributed by atoms with van der Waals surface area (Å²) >= 11 is 0. The minimum Gasteiger partial charge on any atom is -0.394 e. The highest BCUT2D eigenvalue weighted by Gasteiger charge is 2.44. The number of ether oxygens (including phenoxy) is 1. The van der Waals surface area contributed by atoms with E-state index in [4.69, 9.17) is 16.2 Å². The van der Waals surface area contributed by atoms with Crippen molar-refractivity contribution < 1.29 is 25.0 Å². The van der Waals surface area contributed by atoms with Gasteiger partial charge in [-0.2, -0.15) is 4.99 Å². The van der Waals surface area contributed by atoms with Crippen molar-refractivity contribution in [2.75, 3.05) is 6.61 Å². The predicted octanol–water partition coefficient (Wildman–Crippen LogP) is -1.10. The molecular weight excluding hydrogens is 372 g/mol. The number of benzene rings is 1. The molecule has 150 valence electrons. The van der Waals surface area contributed by atoms with Crippen molar-refractivity contribution in [1.82, 2.24) is 9.55 Å². The molecule has 1 aliphatic heterocycles. The normalized spacial score (nSPS) is 24.2. The summed E-state index contributed by atoms with van der Waals surface area (Å²) in [5.41, 5.74) is 12.1. The van der Waals surface area contributed by atoms with E-state index >= 15 is 0 Å². The zero-order valence-corrected chi connectivity index (χ0v) is 14.6. The molecule has 4 atom stereocenters. The fourth-order valence-corrected chi connectivity index (χ4v) is 2.99. The zero-order valence-electron chi connectivity index (χ0n) is 14.6. The number of hydrogen-bond acceptors (Lipinski definition) is 8. The van der Waals surface area contributed by atoms with Crippen LogP contribution in [0.2, 0.25) is 0 Å². The number of imidazole rings is 1. The maximum atomic E-state index is 10.8. The number of aliphatic imine (C=N–C) groups is 1. The van der Waals surface area contributed by atoms with Gasteiger partial charge in [-0.15, -0.1) is 0 Å². The molecule has 0 amide bonds. The van der Waals surface area contributed by atoms with E-state index in [2.05, 4.69) is 9.98 Å². The van der Waals surface area contributed by atoms with Crippen molar-refractivity contribution in [1.29, 1.82) is 0 Å².